The molecule has 1 N–H and O–H groups in total. The van der Waals surface area contributed by atoms with Gasteiger partial charge in [0, 0.05) is 12.4 Å². The molecule has 1 unspecified atom stereocenters. The van der Waals surface area contributed by atoms with Gasteiger partial charge in [0.2, 0.25) is 0 Å². The summed E-state index contributed by atoms with van der Waals surface area (Å²) in [5.41, 5.74) is 2.13. The third-order valence-corrected chi connectivity index (χ3v) is 3.53. The molecule has 0 radical (unpaired) electrons. The van der Waals surface area contributed by atoms with E-state index in [1.54, 1.807) is 36.7 Å². The van der Waals surface area contributed by atoms with E-state index in [1.807, 2.05) is 6.07 Å². The van der Waals surface area contributed by atoms with Gasteiger partial charge in [-0.15, -0.1) is 11.6 Å². The third kappa shape index (κ3) is 1.90. The fourth-order valence-corrected chi connectivity index (χ4v) is 2.47. The zero-order valence-electron chi connectivity index (χ0n) is 9.76. The second-order valence-corrected chi connectivity index (χ2v) is 4.64. The molecule has 19 heavy (non-hydrogen) atoms. The number of halogens is 1. The molecule has 2 heterocycles. The van der Waals surface area contributed by atoms with Crippen LogP contribution in [0, 0.1) is 0 Å². The van der Waals surface area contributed by atoms with Crippen molar-refractivity contribution in [3.8, 4) is 0 Å². The Morgan fingerprint density at radius 3 is 2.68 bits per heavy atom. The molecule has 1 aromatic heterocycles. The van der Waals surface area contributed by atoms with Gasteiger partial charge >= 0.3 is 0 Å². The number of aromatic nitrogens is 1. The van der Waals surface area contributed by atoms with Crippen molar-refractivity contribution in [2.45, 2.75) is 5.38 Å². The number of pyridine rings is 1. The molecule has 1 atom stereocenters. The highest BCUT2D eigenvalue weighted by Gasteiger charge is 2.31. The van der Waals surface area contributed by atoms with Crippen molar-refractivity contribution >= 4 is 23.4 Å². The molecule has 1 aromatic carbocycles. The van der Waals surface area contributed by atoms with Crippen molar-refractivity contribution in [3.63, 3.8) is 0 Å². The van der Waals surface area contributed by atoms with Gasteiger partial charge in [-0.2, -0.15) is 0 Å². The Kier molecular flexibility index (Phi) is 2.80. The first-order valence-electron chi connectivity index (χ1n) is 5.71. The molecule has 2 aromatic rings. The molecule has 3 rings (SSSR count). The second-order valence-electron chi connectivity index (χ2n) is 4.20. The van der Waals surface area contributed by atoms with Gasteiger partial charge in [0.1, 0.15) is 0 Å². The van der Waals surface area contributed by atoms with Crippen LogP contribution in [0.15, 0.2) is 42.7 Å². The summed E-state index contributed by atoms with van der Waals surface area (Å²) in [4.78, 5) is 27.4. The summed E-state index contributed by atoms with van der Waals surface area (Å²) in [6.07, 6.45) is 3.30. The maximum Gasteiger partial charge on any atom is 0.259 e. The molecule has 2 amide bonds. The van der Waals surface area contributed by atoms with Crippen LogP contribution in [0.2, 0.25) is 0 Å². The minimum Gasteiger partial charge on any atom is -0.288 e. The molecule has 0 fully saturated rings. The fourth-order valence-electron chi connectivity index (χ4n) is 2.16. The number of carbonyl (C=O) groups excluding carboxylic acids is 2. The van der Waals surface area contributed by atoms with E-state index in [9.17, 15) is 9.59 Å². The van der Waals surface area contributed by atoms with E-state index in [0.717, 1.165) is 5.56 Å². The lowest BCUT2D eigenvalue weighted by Crippen LogP contribution is -2.20. The fraction of sp³-hybridized carbons (Fsp3) is 0.0714. The number of amides is 2. The Morgan fingerprint density at radius 2 is 1.95 bits per heavy atom. The van der Waals surface area contributed by atoms with E-state index in [4.69, 9.17) is 11.6 Å². The van der Waals surface area contributed by atoms with Gasteiger partial charge in [0.15, 0.2) is 0 Å². The molecule has 0 saturated heterocycles. The SMILES string of the molecule is O=C1NC(=O)c2c1cccc2C(Cl)c1cccnc1. The number of rotatable bonds is 2. The summed E-state index contributed by atoms with van der Waals surface area (Å²) in [5, 5.41) is 1.76. The highest BCUT2D eigenvalue weighted by molar-refractivity contribution is 6.26. The highest BCUT2D eigenvalue weighted by Crippen LogP contribution is 2.33. The average Bonchev–Trinajstić information content (AvgIpc) is 2.74. The zero-order valence-corrected chi connectivity index (χ0v) is 10.5. The second kappa shape index (κ2) is 4.48. The molecule has 0 bridgehead atoms. The van der Waals surface area contributed by atoms with Gasteiger partial charge in [0.25, 0.3) is 11.8 Å². The lowest BCUT2D eigenvalue weighted by Gasteiger charge is -2.12. The first kappa shape index (κ1) is 11.9. The number of carbonyl (C=O) groups is 2. The Bertz CT molecular complexity index is 670. The van der Waals surface area contributed by atoms with Gasteiger partial charge in [-0.05, 0) is 23.3 Å². The molecule has 94 valence electrons. The Hall–Kier alpha value is -2.20. The van der Waals surface area contributed by atoms with Gasteiger partial charge in [-0.1, -0.05) is 18.2 Å². The summed E-state index contributed by atoms with van der Waals surface area (Å²) in [6.45, 7) is 0. The van der Waals surface area contributed by atoms with Gasteiger partial charge < -0.3 is 0 Å². The molecule has 1 aliphatic rings. The number of fused-ring (bicyclic) bond motifs is 1. The lowest BCUT2D eigenvalue weighted by molar-refractivity contribution is 0.0879. The highest BCUT2D eigenvalue weighted by atomic mass is 35.5. The standard InChI is InChI=1S/C14H9ClN2O2/c15-12(8-3-2-6-16-7-8)9-4-1-5-10-11(9)14(19)17-13(10)18/h1-7,12H,(H,17,18,19). The minimum atomic E-state index is -0.514. The molecule has 0 saturated carbocycles. The lowest BCUT2D eigenvalue weighted by atomic mass is 9.97. The van der Waals surface area contributed by atoms with Crippen LogP contribution in [0.5, 0.6) is 0 Å². The van der Waals surface area contributed by atoms with E-state index >= 15 is 0 Å². The Balaban J connectivity index is 2.13. The predicted octanol–water partition coefficient (Wildman–Crippen LogP) is 2.29. The van der Waals surface area contributed by atoms with E-state index in [1.165, 1.54) is 0 Å². The minimum absolute atomic E-state index is 0.358. The summed E-state index contributed by atoms with van der Waals surface area (Å²) < 4.78 is 0. The summed E-state index contributed by atoms with van der Waals surface area (Å²) in [5.74, 6) is -0.776. The number of imide groups is 1. The molecule has 1 aliphatic heterocycles. The molecule has 4 nitrogen and oxygen atoms in total. The Labute approximate surface area is 114 Å². The van der Waals surface area contributed by atoms with Gasteiger partial charge in [0.05, 0.1) is 16.5 Å². The first-order valence-corrected chi connectivity index (χ1v) is 6.14. The summed E-state index contributed by atoms with van der Waals surface area (Å²) in [7, 11) is 0. The molecule has 0 spiro atoms. The van der Waals surface area contributed by atoms with Crippen molar-refractivity contribution < 1.29 is 9.59 Å². The molecule has 0 aliphatic carbocycles. The smallest absolute Gasteiger partial charge is 0.259 e. The molecule has 5 heteroatoms. The number of alkyl halides is 1. The van der Waals surface area contributed by atoms with Crippen LogP contribution in [0.3, 0.4) is 0 Å². The van der Waals surface area contributed by atoms with E-state index < -0.39 is 11.3 Å². The van der Waals surface area contributed by atoms with Crippen LogP contribution in [-0.2, 0) is 0 Å². The first-order chi connectivity index (χ1) is 9.18. The van der Waals surface area contributed by atoms with Crippen molar-refractivity contribution in [1.82, 2.24) is 10.3 Å². The maximum atomic E-state index is 11.8. The third-order valence-electron chi connectivity index (χ3n) is 3.05. The number of nitrogens with one attached hydrogen (secondary N) is 1. The molecular weight excluding hydrogens is 264 g/mol. The van der Waals surface area contributed by atoms with Crippen molar-refractivity contribution in [2.75, 3.05) is 0 Å². The average molecular weight is 273 g/mol. The number of hydrogen-bond donors (Lipinski definition) is 1. The van der Waals surface area contributed by atoms with Crippen LogP contribution in [0.1, 0.15) is 37.2 Å². The van der Waals surface area contributed by atoms with Crippen LogP contribution in [-0.4, -0.2) is 16.8 Å². The quantitative estimate of drug-likeness (QED) is 0.674. The number of hydrogen-bond acceptors (Lipinski definition) is 3. The van der Waals surface area contributed by atoms with E-state index in [0.29, 0.717) is 16.7 Å². The summed E-state index contributed by atoms with van der Waals surface area (Å²) >= 11 is 6.40. The van der Waals surface area contributed by atoms with Crippen molar-refractivity contribution in [1.29, 1.82) is 0 Å². The number of nitrogens with zero attached hydrogens (tertiary/aromatic N) is 1. The van der Waals surface area contributed by atoms with Crippen molar-refractivity contribution in [3.05, 3.63) is 65.0 Å². The van der Waals surface area contributed by atoms with Crippen LogP contribution in [0.4, 0.5) is 0 Å². The molecular formula is C14H9ClN2O2. The normalized spacial score (nSPS) is 15.0. The maximum absolute atomic E-state index is 11.8. The van der Waals surface area contributed by atoms with Crippen LogP contribution in [0.25, 0.3) is 0 Å². The van der Waals surface area contributed by atoms with Crippen LogP contribution < -0.4 is 5.32 Å². The number of benzene rings is 1. The predicted molar refractivity (Wildman–Crippen MR) is 70.2 cm³/mol. The summed E-state index contributed by atoms with van der Waals surface area (Å²) in [6, 6.07) is 8.70. The zero-order chi connectivity index (χ0) is 13.4. The van der Waals surface area contributed by atoms with Crippen molar-refractivity contribution in [2.24, 2.45) is 0 Å². The Morgan fingerprint density at radius 1 is 1.11 bits per heavy atom. The van der Waals surface area contributed by atoms with Gasteiger partial charge in [-0.25, -0.2) is 0 Å². The van der Waals surface area contributed by atoms with E-state index in [-0.39, 0.29) is 5.91 Å². The van der Waals surface area contributed by atoms with E-state index in [2.05, 4.69) is 10.3 Å². The topological polar surface area (TPSA) is 59.1 Å². The van der Waals surface area contributed by atoms with Gasteiger partial charge in [-0.3, -0.25) is 19.9 Å². The monoisotopic (exact) mass is 272 g/mol. The largest absolute Gasteiger partial charge is 0.288 e. The van der Waals surface area contributed by atoms with Crippen LogP contribution >= 0.6 is 11.6 Å².